The molecule has 0 saturated carbocycles. The topological polar surface area (TPSA) is 158 Å². The summed E-state index contributed by atoms with van der Waals surface area (Å²) in [5.41, 5.74) is 0. The first-order chi connectivity index (χ1) is 7.75. The number of hydrogen-bond acceptors (Lipinski definition) is 7. The number of carbonyl (C=O) groups excluding carboxylic acids is 2. The Kier molecular flexibility index (Phi) is 14.9. The summed E-state index contributed by atoms with van der Waals surface area (Å²) in [6, 6.07) is 0. The quantitative estimate of drug-likeness (QED) is 0.212. The molecule has 0 aliphatic rings. The van der Waals surface area contributed by atoms with Crippen LogP contribution in [0.4, 0.5) is 0 Å². The van der Waals surface area contributed by atoms with Gasteiger partial charge in [0.15, 0.2) is 12.2 Å². The van der Waals surface area contributed by atoms with E-state index >= 15 is 0 Å². The van der Waals surface area contributed by atoms with E-state index in [4.69, 9.17) is 20.4 Å². The first-order valence-corrected chi connectivity index (χ1v) is 4.31. The van der Waals surface area contributed by atoms with Gasteiger partial charge in [0.1, 0.15) is 0 Å². The molecule has 0 spiro atoms. The van der Waals surface area contributed by atoms with Crippen LogP contribution in [0.15, 0.2) is 0 Å². The molecule has 4 N–H and O–H groups in total. The van der Waals surface area contributed by atoms with Crippen LogP contribution in [0, 0.1) is 0 Å². The number of carboxylic acid groups (broad SMARTS) is 2. The van der Waals surface area contributed by atoms with E-state index < -0.39 is 48.9 Å². The van der Waals surface area contributed by atoms with Crippen molar-refractivity contribution in [1.82, 2.24) is 0 Å². The van der Waals surface area contributed by atoms with Crippen molar-refractivity contribution in [2.45, 2.75) is 25.0 Å². The standard InChI is InChI=1S/C8H10O9.2Na.2H/c9-3(10)1-2-4(11)17-8(16)6(13)5(12)7(14)15;;;;/h5-6,12-13H,1-2H2,(H,9,10)(H,14,15);;;;/q;2*+1;2*-1. The Labute approximate surface area is 154 Å². The van der Waals surface area contributed by atoms with Crippen LogP contribution in [0.1, 0.15) is 15.7 Å². The minimum absolute atomic E-state index is 0. The Bertz CT molecular complexity index is 353. The summed E-state index contributed by atoms with van der Waals surface area (Å²) in [4.78, 5) is 41.9. The summed E-state index contributed by atoms with van der Waals surface area (Å²) in [6.07, 6.45) is -6.03. The van der Waals surface area contributed by atoms with Crippen LogP contribution >= 0.6 is 0 Å². The van der Waals surface area contributed by atoms with E-state index in [1.165, 1.54) is 0 Å². The van der Waals surface area contributed by atoms with Crippen molar-refractivity contribution in [3.8, 4) is 0 Å². The second kappa shape index (κ2) is 11.8. The third-order valence-electron chi connectivity index (χ3n) is 1.55. The van der Waals surface area contributed by atoms with Gasteiger partial charge in [-0.2, -0.15) is 0 Å². The van der Waals surface area contributed by atoms with Gasteiger partial charge in [-0.1, -0.05) is 0 Å². The maximum Gasteiger partial charge on any atom is 1.00 e. The van der Waals surface area contributed by atoms with Gasteiger partial charge in [-0.3, -0.25) is 9.59 Å². The Morgan fingerprint density at radius 1 is 0.947 bits per heavy atom. The van der Waals surface area contributed by atoms with Gasteiger partial charge in [-0.25, -0.2) is 9.59 Å². The van der Waals surface area contributed by atoms with Crippen molar-refractivity contribution >= 4 is 23.9 Å². The zero-order valence-corrected chi connectivity index (χ0v) is 14.4. The average molecular weight is 298 g/mol. The molecule has 0 aliphatic heterocycles. The van der Waals surface area contributed by atoms with Crippen molar-refractivity contribution in [1.29, 1.82) is 0 Å². The van der Waals surface area contributed by atoms with E-state index in [2.05, 4.69) is 4.74 Å². The minimum atomic E-state index is -2.42. The number of carboxylic acids is 2. The van der Waals surface area contributed by atoms with Crippen LogP contribution in [-0.4, -0.2) is 56.5 Å². The molecule has 0 rings (SSSR count). The van der Waals surface area contributed by atoms with E-state index in [0.717, 1.165) is 0 Å². The summed E-state index contributed by atoms with van der Waals surface area (Å²) in [6.45, 7) is 0. The molecule has 0 saturated heterocycles. The molecular weight excluding hydrogens is 286 g/mol. The van der Waals surface area contributed by atoms with Crippen LogP contribution in [0.2, 0.25) is 0 Å². The van der Waals surface area contributed by atoms with Gasteiger partial charge >= 0.3 is 83.0 Å². The van der Waals surface area contributed by atoms with Crippen LogP contribution in [0.5, 0.6) is 0 Å². The maximum absolute atomic E-state index is 10.9. The summed E-state index contributed by atoms with van der Waals surface area (Å²) in [5.74, 6) is -6.06. The molecule has 0 aliphatic carbocycles. The van der Waals surface area contributed by atoms with Gasteiger partial charge in [-0.05, 0) is 0 Å². The zero-order valence-electron chi connectivity index (χ0n) is 12.4. The predicted octanol–water partition coefficient (Wildman–Crippen LogP) is -8.04. The Morgan fingerprint density at radius 3 is 1.79 bits per heavy atom. The molecule has 0 aromatic heterocycles. The molecule has 0 amide bonds. The van der Waals surface area contributed by atoms with E-state index in [1.807, 2.05) is 0 Å². The average Bonchev–Trinajstić information content (AvgIpc) is 2.23. The molecule has 0 aromatic rings. The van der Waals surface area contributed by atoms with Crippen LogP contribution in [0.3, 0.4) is 0 Å². The minimum Gasteiger partial charge on any atom is -1.00 e. The smallest absolute Gasteiger partial charge is 1.00 e. The molecule has 19 heavy (non-hydrogen) atoms. The molecule has 9 nitrogen and oxygen atoms in total. The molecule has 0 heterocycles. The monoisotopic (exact) mass is 298 g/mol. The van der Waals surface area contributed by atoms with Crippen molar-refractivity contribution < 1.29 is 106 Å². The predicted molar refractivity (Wildman–Crippen MR) is 49.8 cm³/mol. The third kappa shape index (κ3) is 10.4. The van der Waals surface area contributed by atoms with Crippen molar-refractivity contribution in [3.63, 3.8) is 0 Å². The van der Waals surface area contributed by atoms with E-state index in [-0.39, 0.29) is 62.0 Å². The number of esters is 2. The third-order valence-corrected chi connectivity index (χ3v) is 1.55. The molecule has 2 atom stereocenters. The summed E-state index contributed by atoms with van der Waals surface area (Å²) in [7, 11) is 0. The van der Waals surface area contributed by atoms with Crippen LogP contribution in [0.25, 0.3) is 0 Å². The molecule has 100 valence electrons. The summed E-state index contributed by atoms with van der Waals surface area (Å²) < 4.78 is 3.92. The van der Waals surface area contributed by atoms with Gasteiger partial charge in [0, 0.05) is 0 Å². The Hall–Kier alpha value is 0. The van der Waals surface area contributed by atoms with E-state index in [0.29, 0.717) is 0 Å². The number of ether oxygens (including phenoxy) is 1. The first kappa shape index (κ1) is 24.0. The van der Waals surface area contributed by atoms with Gasteiger partial charge in [0.25, 0.3) is 0 Å². The first-order valence-electron chi connectivity index (χ1n) is 4.31. The Morgan fingerprint density at radius 2 is 1.42 bits per heavy atom. The molecule has 0 fully saturated rings. The van der Waals surface area contributed by atoms with Crippen molar-refractivity contribution in [3.05, 3.63) is 0 Å². The number of aliphatic hydroxyl groups is 2. The largest absolute Gasteiger partial charge is 1.00 e. The SMILES string of the molecule is O=C(O)CCC(=O)OC(=O)C(O)C(O)C(=O)O.[H-].[H-].[Na+].[Na+]. The fourth-order valence-electron chi connectivity index (χ4n) is 0.697. The van der Waals surface area contributed by atoms with Gasteiger partial charge in [0.05, 0.1) is 12.8 Å². The van der Waals surface area contributed by atoms with Gasteiger partial charge in [0.2, 0.25) is 0 Å². The fraction of sp³-hybridized carbons (Fsp3) is 0.500. The fourth-order valence-corrected chi connectivity index (χ4v) is 0.697. The number of rotatable bonds is 6. The second-order valence-electron chi connectivity index (χ2n) is 2.91. The summed E-state index contributed by atoms with van der Waals surface area (Å²) in [5, 5.41) is 34.1. The van der Waals surface area contributed by atoms with Gasteiger partial charge in [-0.15, -0.1) is 0 Å². The second-order valence-corrected chi connectivity index (χ2v) is 2.91. The molecular formula is C8H12Na2O9. The zero-order chi connectivity index (χ0) is 13.6. The molecule has 0 aromatic carbocycles. The summed E-state index contributed by atoms with van der Waals surface area (Å²) >= 11 is 0. The number of carbonyl (C=O) groups is 4. The van der Waals surface area contributed by atoms with Crippen LogP contribution in [-0.2, 0) is 23.9 Å². The molecule has 11 heteroatoms. The Balaban J connectivity index is -0.000000213. The molecule has 0 radical (unpaired) electrons. The van der Waals surface area contributed by atoms with Crippen LogP contribution < -0.4 is 59.1 Å². The van der Waals surface area contributed by atoms with E-state index in [1.54, 1.807) is 0 Å². The van der Waals surface area contributed by atoms with Gasteiger partial charge < -0.3 is 28.0 Å². The number of aliphatic carboxylic acids is 2. The van der Waals surface area contributed by atoms with Crippen molar-refractivity contribution in [2.75, 3.05) is 0 Å². The number of aliphatic hydroxyl groups excluding tert-OH is 2. The number of hydrogen-bond donors (Lipinski definition) is 4. The maximum atomic E-state index is 10.9. The van der Waals surface area contributed by atoms with E-state index in [9.17, 15) is 19.2 Å². The molecule has 2 unspecified atom stereocenters. The molecule has 0 bridgehead atoms. The van der Waals surface area contributed by atoms with Crippen molar-refractivity contribution in [2.24, 2.45) is 0 Å². The normalized spacial score (nSPS) is 12.1.